The number of benzene rings is 2. The van der Waals surface area contributed by atoms with E-state index >= 15 is 0 Å². The van der Waals surface area contributed by atoms with E-state index in [0.717, 1.165) is 36.1 Å². The number of aromatic nitrogens is 1. The first-order chi connectivity index (χ1) is 12.9. The van der Waals surface area contributed by atoms with Crippen molar-refractivity contribution in [2.45, 2.75) is 19.0 Å². The molecule has 142 valence electrons. The predicted molar refractivity (Wildman–Crippen MR) is 113 cm³/mol. The van der Waals surface area contributed by atoms with E-state index in [2.05, 4.69) is 30.0 Å². The van der Waals surface area contributed by atoms with Gasteiger partial charge in [0.05, 0.1) is 17.0 Å². The smallest absolute Gasteiger partial charge is 0.200 e. The van der Waals surface area contributed by atoms with E-state index in [-0.39, 0.29) is 5.88 Å². The van der Waals surface area contributed by atoms with Gasteiger partial charge in [-0.3, -0.25) is 0 Å². The first-order valence-electron chi connectivity index (χ1n) is 9.09. The Morgan fingerprint density at radius 2 is 1.89 bits per heavy atom. The van der Waals surface area contributed by atoms with Crippen molar-refractivity contribution in [3.8, 4) is 5.88 Å². The third-order valence-corrected chi connectivity index (χ3v) is 5.97. The summed E-state index contributed by atoms with van der Waals surface area (Å²) in [5.74, 6) is 0.198. The summed E-state index contributed by atoms with van der Waals surface area (Å²) in [5.41, 5.74) is 2.18. The highest BCUT2D eigenvalue weighted by molar-refractivity contribution is 6.36. The van der Waals surface area contributed by atoms with Crippen molar-refractivity contribution < 1.29 is 5.11 Å². The number of likely N-dealkylation sites (N-methyl/N-ethyl adjacent to an activating group) is 1. The highest BCUT2D eigenvalue weighted by Crippen LogP contribution is 2.38. The summed E-state index contributed by atoms with van der Waals surface area (Å²) in [5, 5.41) is 13.6. The monoisotopic (exact) mass is 403 g/mol. The van der Waals surface area contributed by atoms with Crippen LogP contribution in [0.5, 0.6) is 5.88 Å². The van der Waals surface area contributed by atoms with Gasteiger partial charge in [0.15, 0.2) is 0 Å². The van der Waals surface area contributed by atoms with Gasteiger partial charge >= 0.3 is 0 Å². The van der Waals surface area contributed by atoms with E-state index in [1.807, 2.05) is 41.1 Å². The summed E-state index contributed by atoms with van der Waals surface area (Å²) in [6, 6.07) is 12.3. The number of hydrogen-bond donors (Lipinski definition) is 1. The van der Waals surface area contributed by atoms with Crippen molar-refractivity contribution in [1.82, 2.24) is 9.47 Å². The zero-order valence-corrected chi connectivity index (χ0v) is 17.0. The van der Waals surface area contributed by atoms with Crippen LogP contribution in [-0.2, 0) is 6.54 Å². The summed E-state index contributed by atoms with van der Waals surface area (Å²) in [4.78, 5) is 4.64. The maximum Gasteiger partial charge on any atom is 0.200 e. The summed E-state index contributed by atoms with van der Waals surface area (Å²) < 4.78 is 1.83. The predicted octanol–water partition coefficient (Wildman–Crippen LogP) is 4.84. The first-order valence-corrected chi connectivity index (χ1v) is 9.85. The lowest BCUT2D eigenvalue weighted by atomic mass is 10.2. The Morgan fingerprint density at radius 1 is 1.15 bits per heavy atom. The molecule has 1 aromatic heterocycles. The molecule has 6 heteroatoms. The number of hydrogen-bond acceptors (Lipinski definition) is 3. The van der Waals surface area contributed by atoms with E-state index in [9.17, 15) is 5.11 Å². The number of fused-ring (bicyclic) bond motifs is 1. The molecule has 1 aliphatic heterocycles. The van der Waals surface area contributed by atoms with Crippen LogP contribution >= 0.6 is 23.2 Å². The molecule has 0 saturated carbocycles. The Balaban J connectivity index is 1.66. The first kappa shape index (κ1) is 18.5. The average molecular weight is 404 g/mol. The van der Waals surface area contributed by atoms with E-state index in [4.69, 9.17) is 23.2 Å². The summed E-state index contributed by atoms with van der Waals surface area (Å²) >= 11 is 12.5. The van der Waals surface area contributed by atoms with Crippen LogP contribution in [0.3, 0.4) is 0 Å². The van der Waals surface area contributed by atoms with Crippen molar-refractivity contribution in [3.05, 3.63) is 58.2 Å². The fraction of sp³-hybridized carbons (Fsp3) is 0.333. The van der Waals surface area contributed by atoms with Gasteiger partial charge in [-0.05, 0) is 50.3 Å². The van der Waals surface area contributed by atoms with E-state index in [0.29, 0.717) is 28.0 Å². The standard InChI is InChI=1S/C21H23Cl2N3O/c1-24(2)17-7-8-25(13-17)18-9-15-12-26(21(27)20(15)19(23)10-18)11-14-3-5-16(22)6-4-14/h3-6,9-10,12,17,27H,7-8,11,13H2,1-2H3. The molecule has 4 nitrogen and oxygen atoms in total. The molecule has 0 spiro atoms. The summed E-state index contributed by atoms with van der Waals surface area (Å²) in [7, 11) is 4.25. The van der Waals surface area contributed by atoms with Gasteiger partial charge in [-0.1, -0.05) is 35.3 Å². The molecule has 2 heterocycles. The van der Waals surface area contributed by atoms with Crippen LogP contribution in [0.1, 0.15) is 12.0 Å². The molecule has 1 fully saturated rings. The fourth-order valence-corrected chi connectivity index (χ4v) is 4.24. The normalized spacial score (nSPS) is 17.4. The average Bonchev–Trinajstić information content (AvgIpc) is 3.23. The van der Waals surface area contributed by atoms with Crippen LogP contribution in [0.25, 0.3) is 10.8 Å². The van der Waals surface area contributed by atoms with E-state index in [1.165, 1.54) is 0 Å². The number of nitrogens with zero attached hydrogens (tertiary/aromatic N) is 3. The highest BCUT2D eigenvalue weighted by Gasteiger charge is 2.25. The Hall–Kier alpha value is -1.88. The molecule has 1 N–H and O–H groups in total. The van der Waals surface area contributed by atoms with Gasteiger partial charge in [0.1, 0.15) is 0 Å². The van der Waals surface area contributed by atoms with Crippen LogP contribution in [0.2, 0.25) is 10.0 Å². The second-order valence-electron chi connectivity index (χ2n) is 7.45. The Morgan fingerprint density at radius 3 is 2.56 bits per heavy atom. The number of rotatable bonds is 4. The van der Waals surface area contributed by atoms with Crippen molar-refractivity contribution in [2.24, 2.45) is 0 Å². The van der Waals surface area contributed by atoms with Gasteiger partial charge in [-0.25, -0.2) is 0 Å². The number of anilines is 1. The molecule has 1 atom stereocenters. The molecule has 0 amide bonds. The van der Waals surface area contributed by atoms with Crippen LogP contribution in [0.4, 0.5) is 5.69 Å². The molecule has 1 saturated heterocycles. The molecular weight excluding hydrogens is 381 g/mol. The van der Waals surface area contributed by atoms with Crippen molar-refractivity contribution in [2.75, 3.05) is 32.1 Å². The summed E-state index contributed by atoms with van der Waals surface area (Å²) in [6.45, 7) is 2.57. The lowest BCUT2D eigenvalue weighted by Gasteiger charge is -2.22. The fourth-order valence-electron chi connectivity index (χ4n) is 3.81. The SMILES string of the molecule is CN(C)C1CCN(c2cc(Cl)c3c(O)n(Cc4ccc(Cl)cc4)cc3c2)C1. The van der Waals surface area contributed by atoms with Crippen molar-refractivity contribution in [1.29, 1.82) is 0 Å². The molecule has 0 aliphatic carbocycles. The van der Waals surface area contributed by atoms with Gasteiger partial charge in [0, 0.05) is 41.4 Å². The van der Waals surface area contributed by atoms with Crippen LogP contribution in [0, 0.1) is 0 Å². The topological polar surface area (TPSA) is 31.6 Å². The molecule has 0 bridgehead atoms. The molecular formula is C21H23Cl2N3O. The van der Waals surface area contributed by atoms with Gasteiger partial charge in [-0.15, -0.1) is 0 Å². The maximum atomic E-state index is 10.7. The quantitative estimate of drug-likeness (QED) is 0.675. The Bertz CT molecular complexity index is 966. The minimum Gasteiger partial charge on any atom is -0.494 e. The Kier molecular flexibility index (Phi) is 4.97. The molecule has 2 aromatic carbocycles. The van der Waals surface area contributed by atoms with Gasteiger partial charge in [0.2, 0.25) is 5.88 Å². The maximum absolute atomic E-state index is 10.7. The van der Waals surface area contributed by atoms with Crippen molar-refractivity contribution in [3.63, 3.8) is 0 Å². The molecule has 0 radical (unpaired) electrons. The second-order valence-corrected chi connectivity index (χ2v) is 8.29. The highest BCUT2D eigenvalue weighted by atomic mass is 35.5. The second kappa shape index (κ2) is 7.27. The third-order valence-electron chi connectivity index (χ3n) is 5.42. The van der Waals surface area contributed by atoms with Gasteiger partial charge < -0.3 is 19.5 Å². The zero-order chi connectivity index (χ0) is 19.1. The number of halogens is 2. The minimum absolute atomic E-state index is 0.198. The van der Waals surface area contributed by atoms with Crippen LogP contribution in [-0.4, -0.2) is 47.8 Å². The Labute approximate surface area is 169 Å². The van der Waals surface area contributed by atoms with Gasteiger partial charge in [0.25, 0.3) is 0 Å². The minimum atomic E-state index is 0.198. The lowest BCUT2D eigenvalue weighted by Crippen LogP contribution is -2.31. The zero-order valence-electron chi connectivity index (χ0n) is 15.5. The number of aromatic hydroxyl groups is 1. The molecule has 27 heavy (non-hydrogen) atoms. The molecule has 4 rings (SSSR count). The van der Waals surface area contributed by atoms with Crippen molar-refractivity contribution >= 4 is 39.7 Å². The van der Waals surface area contributed by atoms with E-state index < -0.39 is 0 Å². The van der Waals surface area contributed by atoms with Crippen LogP contribution in [0.15, 0.2) is 42.6 Å². The van der Waals surface area contributed by atoms with Gasteiger partial charge in [-0.2, -0.15) is 0 Å². The third kappa shape index (κ3) is 3.62. The van der Waals surface area contributed by atoms with E-state index in [1.54, 1.807) is 0 Å². The lowest BCUT2D eigenvalue weighted by molar-refractivity contribution is 0.315. The van der Waals surface area contributed by atoms with Crippen LogP contribution < -0.4 is 4.90 Å². The molecule has 3 aromatic rings. The largest absolute Gasteiger partial charge is 0.494 e. The molecule has 1 aliphatic rings. The summed E-state index contributed by atoms with van der Waals surface area (Å²) in [6.07, 6.45) is 3.11. The molecule has 1 unspecified atom stereocenters.